The van der Waals surface area contributed by atoms with Gasteiger partial charge in [-0.25, -0.2) is 0 Å². The second kappa shape index (κ2) is 4.02. The molecular formula is C14H16O2. The molecule has 0 amide bonds. The van der Waals surface area contributed by atoms with Gasteiger partial charge < -0.3 is 4.74 Å². The van der Waals surface area contributed by atoms with Crippen molar-refractivity contribution in [2.75, 3.05) is 13.2 Å². The molecule has 2 unspecified atom stereocenters. The highest BCUT2D eigenvalue weighted by atomic mass is 16.5. The predicted octanol–water partition coefficient (Wildman–Crippen LogP) is 2.32. The number of ether oxygens (including phenoxy) is 1. The van der Waals surface area contributed by atoms with E-state index in [0.29, 0.717) is 12.4 Å². The van der Waals surface area contributed by atoms with Crippen molar-refractivity contribution in [3.8, 4) is 0 Å². The fourth-order valence-electron chi connectivity index (χ4n) is 2.90. The van der Waals surface area contributed by atoms with Crippen molar-refractivity contribution in [2.45, 2.75) is 25.2 Å². The van der Waals surface area contributed by atoms with Crippen LogP contribution in [0.25, 0.3) is 0 Å². The molecule has 1 aromatic rings. The van der Waals surface area contributed by atoms with E-state index in [4.69, 9.17) is 4.74 Å². The van der Waals surface area contributed by atoms with Crippen molar-refractivity contribution in [1.29, 1.82) is 0 Å². The molecule has 1 aliphatic heterocycles. The largest absolute Gasteiger partial charge is 0.381 e. The third-order valence-corrected chi connectivity index (χ3v) is 3.81. The van der Waals surface area contributed by atoms with Gasteiger partial charge in [0.15, 0.2) is 0 Å². The Morgan fingerprint density at radius 3 is 2.94 bits per heavy atom. The molecule has 0 N–H and O–H groups in total. The summed E-state index contributed by atoms with van der Waals surface area (Å²) in [6, 6.07) is 8.36. The number of hydrogen-bond donors (Lipinski definition) is 0. The Morgan fingerprint density at radius 2 is 2.12 bits per heavy atom. The van der Waals surface area contributed by atoms with Crippen LogP contribution in [0.1, 0.15) is 29.9 Å². The molecule has 2 heteroatoms. The van der Waals surface area contributed by atoms with E-state index in [9.17, 15) is 4.79 Å². The average molecular weight is 216 g/mol. The minimum Gasteiger partial charge on any atom is -0.381 e. The van der Waals surface area contributed by atoms with Gasteiger partial charge in [-0.1, -0.05) is 24.3 Å². The highest BCUT2D eigenvalue weighted by Crippen LogP contribution is 2.36. The van der Waals surface area contributed by atoms with Crippen LogP contribution in [0.5, 0.6) is 0 Å². The maximum atomic E-state index is 12.3. The van der Waals surface area contributed by atoms with E-state index in [1.165, 1.54) is 11.1 Å². The average Bonchev–Trinajstić information content (AvgIpc) is 2.98. The Balaban J connectivity index is 1.84. The van der Waals surface area contributed by atoms with E-state index < -0.39 is 0 Å². The van der Waals surface area contributed by atoms with Gasteiger partial charge in [0, 0.05) is 18.4 Å². The zero-order valence-corrected chi connectivity index (χ0v) is 9.32. The van der Waals surface area contributed by atoms with Crippen LogP contribution in [0.2, 0.25) is 0 Å². The lowest BCUT2D eigenvalue weighted by molar-refractivity contribution is -0.124. The van der Waals surface area contributed by atoms with Crippen LogP contribution in [0, 0.1) is 5.92 Å². The van der Waals surface area contributed by atoms with E-state index in [1.54, 1.807) is 0 Å². The van der Waals surface area contributed by atoms with Crippen LogP contribution >= 0.6 is 0 Å². The Hall–Kier alpha value is -1.15. The lowest BCUT2D eigenvalue weighted by atomic mass is 9.88. The van der Waals surface area contributed by atoms with Crippen LogP contribution in [0.3, 0.4) is 0 Å². The Labute approximate surface area is 95.6 Å². The van der Waals surface area contributed by atoms with E-state index in [1.807, 2.05) is 6.07 Å². The maximum absolute atomic E-state index is 12.3. The summed E-state index contributed by atoms with van der Waals surface area (Å²) in [5.41, 5.74) is 2.62. The van der Waals surface area contributed by atoms with Crippen molar-refractivity contribution in [3.05, 3.63) is 35.4 Å². The molecule has 2 atom stereocenters. The van der Waals surface area contributed by atoms with Gasteiger partial charge >= 0.3 is 0 Å². The molecule has 1 fully saturated rings. The standard InChI is InChI=1S/C14H16O2/c15-14(11-7-8-16-9-11)13-6-5-10-3-1-2-4-12(10)13/h1-4,11,13H,5-9H2. The second-order valence-electron chi connectivity index (χ2n) is 4.75. The molecule has 0 saturated carbocycles. The summed E-state index contributed by atoms with van der Waals surface area (Å²) in [4.78, 5) is 12.3. The van der Waals surface area contributed by atoms with E-state index in [-0.39, 0.29) is 11.8 Å². The summed E-state index contributed by atoms with van der Waals surface area (Å²) in [6.45, 7) is 1.39. The first kappa shape index (κ1) is 10.0. The topological polar surface area (TPSA) is 26.3 Å². The molecule has 84 valence electrons. The van der Waals surface area contributed by atoms with Gasteiger partial charge in [-0.15, -0.1) is 0 Å². The monoisotopic (exact) mass is 216 g/mol. The highest BCUT2D eigenvalue weighted by Gasteiger charge is 2.34. The Bertz CT molecular complexity index is 405. The maximum Gasteiger partial charge on any atom is 0.145 e. The van der Waals surface area contributed by atoms with Gasteiger partial charge in [0.2, 0.25) is 0 Å². The molecule has 0 radical (unpaired) electrons. The summed E-state index contributed by atoms with van der Waals surface area (Å²) >= 11 is 0. The number of Topliss-reactive ketones (excluding diaryl/α,β-unsaturated/α-hetero) is 1. The summed E-state index contributed by atoms with van der Waals surface area (Å²) in [7, 11) is 0. The lowest BCUT2D eigenvalue weighted by Crippen LogP contribution is -2.20. The number of hydrogen-bond acceptors (Lipinski definition) is 2. The van der Waals surface area contributed by atoms with E-state index in [0.717, 1.165) is 25.9 Å². The Morgan fingerprint density at radius 1 is 1.25 bits per heavy atom. The molecule has 0 aromatic heterocycles. The second-order valence-corrected chi connectivity index (χ2v) is 4.75. The highest BCUT2D eigenvalue weighted by molar-refractivity contribution is 5.89. The van der Waals surface area contributed by atoms with E-state index in [2.05, 4.69) is 18.2 Å². The summed E-state index contributed by atoms with van der Waals surface area (Å²) in [5, 5.41) is 0. The first-order chi connectivity index (χ1) is 7.86. The molecule has 0 spiro atoms. The fraction of sp³-hybridized carbons (Fsp3) is 0.500. The van der Waals surface area contributed by atoms with Gasteiger partial charge in [0.05, 0.1) is 6.61 Å². The number of aryl methyl sites for hydroxylation is 1. The van der Waals surface area contributed by atoms with Crippen molar-refractivity contribution in [3.63, 3.8) is 0 Å². The molecule has 0 bridgehead atoms. The third-order valence-electron chi connectivity index (χ3n) is 3.81. The number of fused-ring (bicyclic) bond motifs is 1. The Kier molecular flexibility index (Phi) is 2.52. The minimum absolute atomic E-state index is 0.142. The molecule has 2 nitrogen and oxygen atoms in total. The number of benzene rings is 1. The lowest BCUT2D eigenvalue weighted by Gasteiger charge is -2.14. The van der Waals surface area contributed by atoms with Crippen molar-refractivity contribution >= 4 is 5.78 Å². The van der Waals surface area contributed by atoms with Crippen LogP contribution in [-0.2, 0) is 16.0 Å². The molecule has 16 heavy (non-hydrogen) atoms. The first-order valence-corrected chi connectivity index (χ1v) is 6.05. The minimum atomic E-state index is 0.142. The normalized spacial score (nSPS) is 28.0. The predicted molar refractivity (Wildman–Crippen MR) is 61.4 cm³/mol. The van der Waals surface area contributed by atoms with Crippen molar-refractivity contribution in [1.82, 2.24) is 0 Å². The van der Waals surface area contributed by atoms with E-state index >= 15 is 0 Å². The number of rotatable bonds is 2. The van der Waals surface area contributed by atoms with Crippen LogP contribution in [0.4, 0.5) is 0 Å². The van der Waals surface area contributed by atoms with Crippen molar-refractivity contribution < 1.29 is 9.53 Å². The van der Waals surface area contributed by atoms with Crippen LogP contribution in [0.15, 0.2) is 24.3 Å². The van der Waals surface area contributed by atoms with Gasteiger partial charge in [0.1, 0.15) is 5.78 Å². The summed E-state index contributed by atoms with van der Waals surface area (Å²) in [5.74, 6) is 0.696. The smallest absolute Gasteiger partial charge is 0.145 e. The van der Waals surface area contributed by atoms with Crippen molar-refractivity contribution in [2.24, 2.45) is 5.92 Å². The van der Waals surface area contributed by atoms with Gasteiger partial charge in [0.25, 0.3) is 0 Å². The van der Waals surface area contributed by atoms with Crippen LogP contribution in [-0.4, -0.2) is 19.0 Å². The zero-order valence-electron chi connectivity index (χ0n) is 9.32. The molecule has 1 aromatic carbocycles. The number of carbonyl (C=O) groups excluding carboxylic acids is 1. The molecule has 1 aliphatic carbocycles. The van der Waals surface area contributed by atoms with Gasteiger partial charge in [-0.3, -0.25) is 4.79 Å². The summed E-state index contributed by atoms with van der Waals surface area (Å²) in [6.07, 6.45) is 2.96. The quantitative estimate of drug-likeness (QED) is 0.758. The molecule has 1 saturated heterocycles. The van der Waals surface area contributed by atoms with Crippen LogP contribution < -0.4 is 0 Å². The molecular weight excluding hydrogens is 200 g/mol. The molecule has 3 rings (SSSR count). The molecule has 2 aliphatic rings. The third kappa shape index (κ3) is 1.57. The fourth-order valence-corrected chi connectivity index (χ4v) is 2.90. The van der Waals surface area contributed by atoms with Gasteiger partial charge in [-0.2, -0.15) is 0 Å². The SMILES string of the molecule is O=C(C1CCOC1)C1CCc2ccccc21. The number of ketones is 1. The molecule has 1 heterocycles. The first-order valence-electron chi connectivity index (χ1n) is 6.05. The number of carbonyl (C=O) groups is 1. The summed E-state index contributed by atoms with van der Waals surface area (Å²) < 4.78 is 5.30. The van der Waals surface area contributed by atoms with Gasteiger partial charge in [-0.05, 0) is 30.4 Å². The zero-order chi connectivity index (χ0) is 11.0.